The number of hydrogen-bond acceptors (Lipinski definition) is 7. The monoisotopic (exact) mass is 385 g/mol. The van der Waals surface area contributed by atoms with Crippen LogP contribution in [0.1, 0.15) is 12.5 Å². The number of nitrogens with zero attached hydrogens (tertiary/aromatic N) is 6. The normalized spacial score (nSPS) is 10.7. The average Bonchev–Trinajstić information content (AvgIpc) is 2.74. The van der Waals surface area contributed by atoms with Crippen molar-refractivity contribution in [3.63, 3.8) is 0 Å². The van der Waals surface area contributed by atoms with Crippen LogP contribution in [0.3, 0.4) is 0 Å². The number of halogens is 1. The number of rotatable bonds is 4. The number of aromatic nitrogens is 4. The second-order valence-corrected chi connectivity index (χ2v) is 6.22. The lowest BCUT2D eigenvalue weighted by atomic mass is 10.1. The van der Waals surface area contributed by atoms with Gasteiger partial charge < -0.3 is 10.6 Å². The lowest BCUT2D eigenvalue weighted by Gasteiger charge is -2.25. The number of nitrogens with two attached hydrogens (primary N) is 1. The molecule has 4 aromatic rings. The van der Waals surface area contributed by atoms with Crippen LogP contribution < -0.4 is 10.6 Å². The smallest absolute Gasteiger partial charge is 0.156 e. The Balaban J connectivity index is 2.02. The molecule has 0 saturated carbocycles. The van der Waals surface area contributed by atoms with E-state index in [9.17, 15) is 9.65 Å². The predicted molar refractivity (Wildman–Crippen MR) is 109 cm³/mol. The summed E-state index contributed by atoms with van der Waals surface area (Å²) in [7, 11) is 0. The van der Waals surface area contributed by atoms with Gasteiger partial charge in [0.15, 0.2) is 5.82 Å². The van der Waals surface area contributed by atoms with Crippen LogP contribution in [-0.4, -0.2) is 26.5 Å². The van der Waals surface area contributed by atoms with Crippen LogP contribution in [0, 0.1) is 17.1 Å². The first-order valence-electron chi connectivity index (χ1n) is 8.92. The first-order valence-corrected chi connectivity index (χ1v) is 8.92. The van der Waals surface area contributed by atoms with Crippen LogP contribution in [0.25, 0.3) is 22.3 Å². The molecule has 142 valence electrons. The largest absolute Gasteiger partial charge is 0.382 e. The zero-order valence-corrected chi connectivity index (χ0v) is 15.5. The van der Waals surface area contributed by atoms with Gasteiger partial charge in [0.2, 0.25) is 0 Å². The number of fused-ring (bicyclic) bond motifs is 1. The van der Waals surface area contributed by atoms with Crippen LogP contribution in [0.15, 0.2) is 55.0 Å². The van der Waals surface area contributed by atoms with Crippen molar-refractivity contribution in [1.82, 2.24) is 19.9 Å². The standard InChI is InChI=1S/C21H16FN7/c1-2-29(21-15(11-23)20(24)26-12-27-21)18-9-13-6-7-14(22)10-17(13)28-19(18)16-5-3-4-8-25-16/h3-10,12H,2H2,1H3,(H2,24,26,27). The Kier molecular flexibility index (Phi) is 4.71. The lowest BCUT2D eigenvalue weighted by molar-refractivity contribution is 0.629. The Hall–Kier alpha value is -4.12. The second kappa shape index (κ2) is 7.48. The van der Waals surface area contributed by atoms with E-state index in [0.29, 0.717) is 35.0 Å². The van der Waals surface area contributed by atoms with E-state index < -0.39 is 0 Å². The van der Waals surface area contributed by atoms with Gasteiger partial charge in [0.25, 0.3) is 0 Å². The summed E-state index contributed by atoms with van der Waals surface area (Å²) in [5.41, 5.74) is 8.42. The van der Waals surface area contributed by atoms with Gasteiger partial charge in [-0.1, -0.05) is 6.07 Å². The molecule has 0 aliphatic rings. The molecular weight excluding hydrogens is 369 g/mol. The van der Waals surface area contributed by atoms with Gasteiger partial charge in [-0.25, -0.2) is 19.3 Å². The molecule has 1 aromatic carbocycles. The number of benzene rings is 1. The van der Waals surface area contributed by atoms with Crippen molar-refractivity contribution in [2.24, 2.45) is 0 Å². The SMILES string of the molecule is CCN(c1cc2ccc(F)cc2nc1-c1ccccn1)c1ncnc(N)c1C#N. The Morgan fingerprint density at radius 2 is 2.00 bits per heavy atom. The second-order valence-electron chi connectivity index (χ2n) is 6.22. The third-order valence-corrected chi connectivity index (χ3v) is 4.50. The quantitative estimate of drug-likeness (QED) is 0.569. The summed E-state index contributed by atoms with van der Waals surface area (Å²) < 4.78 is 13.8. The highest BCUT2D eigenvalue weighted by molar-refractivity contribution is 5.90. The van der Waals surface area contributed by atoms with Crippen LogP contribution in [0.2, 0.25) is 0 Å². The number of anilines is 3. The summed E-state index contributed by atoms with van der Waals surface area (Å²) in [5, 5.41) is 10.3. The molecule has 4 rings (SSSR count). The molecule has 29 heavy (non-hydrogen) atoms. The summed E-state index contributed by atoms with van der Waals surface area (Å²) >= 11 is 0. The van der Waals surface area contributed by atoms with Crippen LogP contribution in [0.5, 0.6) is 0 Å². The summed E-state index contributed by atoms with van der Waals surface area (Å²) in [6.07, 6.45) is 2.98. The van der Waals surface area contributed by atoms with Gasteiger partial charge in [-0.15, -0.1) is 0 Å². The van der Waals surface area contributed by atoms with E-state index in [0.717, 1.165) is 5.39 Å². The molecule has 0 atom stereocenters. The number of nitrogen functional groups attached to an aromatic ring is 1. The fourth-order valence-electron chi connectivity index (χ4n) is 3.16. The van der Waals surface area contributed by atoms with Crippen molar-refractivity contribution in [3.8, 4) is 17.5 Å². The van der Waals surface area contributed by atoms with Crippen LogP contribution in [0.4, 0.5) is 21.7 Å². The van der Waals surface area contributed by atoms with Gasteiger partial charge in [0, 0.05) is 24.2 Å². The van der Waals surface area contributed by atoms with Gasteiger partial charge in [0.05, 0.1) is 16.9 Å². The van der Waals surface area contributed by atoms with Crippen LogP contribution in [-0.2, 0) is 0 Å². The van der Waals surface area contributed by atoms with Crippen molar-refractivity contribution in [3.05, 3.63) is 66.4 Å². The van der Waals surface area contributed by atoms with E-state index in [-0.39, 0.29) is 17.2 Å². The highest BCUT2D eigenvalue weighted by Gasteiger charge is 2.22. The minimum absolute atomic E-state index is 0.103. The Morgan fingerprint density at radius 3 is 2.72 bits per heavy atom. The Labute approximate surface area is 166 Å². The fourth-order valence-corrected chi connectivity index (χ4v) is 3.16. The summed E-state index contributed by atoms with van der Waals surface area (Å²) in [6, 6.07) is 13.9. The first kappa shape index (κ1) is 18.3. The maximum Gasteiger partial charge on any atom is 0.156 e. The van der Waals surface area contributed by atoms with E-state index in [1.165, 1.54) is 18.5 Å². The van der Waals surface area contributed by atoms with Crippen molar-refractivity contribution >= 4 is 28.2 Å². The summed E-state index contributed by atoms with van der Waals surface area (Å²) in [6.45, 7) is 2.41. The molecule has 3 heterocycles. The van der Waals surface area contributed by atoms with E-state index >= 15 is 0 Å². The maximum atomic E-state index is 13.8. The molecule has 0 radical (unpaired) electrons. The predicted octanol–water partition coefficient (Wildman–Crippen LogP) is 3.84. The highest BCUT2D eigenvalue weighted by Crippen LogP contribution is 2.36. The van der Waals surface area contributed by atoms with Crippen molar-refractivity contribution < 1.29 is 4.39 Å². The van der Waals surface area contributed by atoms with Crippen molar-refractivity contribution in [2.45, 2.75) is 6.92 Å². The van der Waals surface area contributed by atoms with E-state index in [1.807, 2.05) is 30.0 Å². The van der Waals surface area contributed by atoms with E-state index in [1.54, 1.807) is 18.3 Å². The molecule has 8 heteroatoms. The molecule has 7 nitrogen and oxygen atoms in total. The number of pyridine rings is 2. The third kappa shape index (κ3) is 3.30. The van der Waals surface area contributed by atoms with Gasteiger partial charge >= 0.3 is 0 Å². The molecule has 0 fully saturated rings. The topological polar surface area (TPSA) is 105 Å². The van der Waals surface area contributed by atoms with E-state index in [4.69, 9.17) is 5.73 Å². The molecule has 0 aliphatic heterocycles. The summed E-state index contributed by atoms with van der Waals surface area (Å²) in [5.74, 6) is 0.113. The van der Waals surface area contributed by atoms with Gasteiger partial charge in [-0.3, -0.25) is 4.98 Å². The molecule has 0 unspecified atom stereocenters. The zero-order chi connectivity index (χ0) is 20.4. The van der Waals surface area contributed by atoms with Crippen molar-refractivity contribution in [1.29, 1.82) is 5.26 Å². The molecule has 0 amide bonds. The molecule has 0 saturated heterocycles. The average molecular weight is 385 g/mol. The fraction of sp³-hybridized carbons (Fsp3) is 0.0952. The third-order valence-electron chi connectivity index (χ3n) is 4.50. The van der Waals surface area contributed by atoms with E-state index in [2.05, 4.69) is 26.0 Å². The molecule has 0 aliphatic carbocycles. The maximum absolute atomic E-state index is 13.8. The molecule has 3 aromatic heterocycles. The van der Waals surface area contributed by atoms with Gasteiger partial charge in [-0.2, -0.15) is 5.26 Å². The minimum atomic E-state index is -0.368. The lowest BCUT2D eigenvalue weighted by Crippen LogP contribution is -2.21. The zero-order valence-electron chi connectivity index (χ0n) is 15.5. The molecule has 0 bridgehead atoms. The number of nitriles is 1. The Morgan fingerprint density at radius 1 is 1.14 bits per heavy atom. The highest BCUT2D eigenvalue weighted by atomic mass is 19.1. The molecule has 0 spiro atoms. The van der Waals surface area contributed by atoms with Crippen molar-refractivity contribution in [2.75, 3.05) is 17.2 Å². The Bertz CT molecular complexity index is 1240. The van der Waals surface area contributed by atoms with Gasteiger partial charge in [-0.05, 0) is 37.3 Å². The first-order chi connectivity index (χ1) is 14.1. The summed E-state index contributed by atoms with van der Waals surface area (Å²) in [4.78, 5) is 19.1. The molecular formula is C21H16FN7. The number of hydrogen-bond donors (Lipinski definition) is 1. The minimum Gasteiger partial charge on any atom is -0.382 e. The van der Waals surface area contributed by atoms with Crippen LogP contribution >= 0.6 is 0 Å². The molecule has 2 N–H and O–H groups in total. The van der Waals surface area contributed by atoms with Gasteiger partial charge in [0.1, 0.15) is 35.3 Å².